The minimum absolute atomic E-state index is 0.0174. The molecule has 0 saturated heterocycles. The Bertz CT molecular complexity index is 60.0. The minimum atomic E-state index is -1.50. The first-order chi connectivity index (χ1) is 4.15. The molecule has 0 rings (SSSR count). The van der Waals surface area contributed by atoms with Crippen molar-refractivity contribution in [2.75, 3.05) is 13.2 Å². The van der Waals surface area contributed by atoms with Crippen molar-refractivity contribution >= 4 is 0 Å². The van der Waals surface area contributed by atoms with Crippen molar-refractivity contribution in [1.82, 2.24) is 5.48 Å². The molecule has 0 radical (unpaired) electrons. The third-order valence-electron chi connectivity index (χ3n) is 0.224. The average molecular weight is 140 g/mol. The van der Waals surface area contributed by atoms with Crippen LogP contribution in [-0.4, -0.2) is 33.8 Å². The Morgan fingerprint density at radius 1 is 1.67 bits per heavy atom. The van der Waals surface area contributed by atoms with Gasteiger partial charge in [0.15, 0.2) is 0 Å². The number of aliphatic hydroxyl groups excluding tert-OH is 1. The van der Waals surface area contributed by atoms with Gasteiger partial charge in [-0.25, -0.2) is 5.48 Å². The van der Waals surface area contributed by atoms with Crippen LogP contribution in [0.2, 0.25) is 0 Å². The topological polar surface area (TPSA) is 116 Å². The monoisotopic (exact) mass is 140 g/mol. The smallest absolute Gasteiger partial charge is 0.291 e. The molecule has 9 heavy (non-hydrogen) atoms. The third-order valence-corrected chi connectivity index (χ3v) is 0.224. The molecule has 56 valence electrons. The second-order valence-corrected chi connectivity index (χ2v) is 0.870. The summed E-state index contributed by atoms with van der Waals surface area (Å²) in [6.07, 6.45) is 0. The lowest BCUT2D eigenvalue weighted by atomic mass is 10.8. The van der Waals surface area contributed by atoms with Crippen molar-refractivity contribution in [2.45, 2.75) is 0 Å². The summed E-state index contributed by atoms with van der Waals surface area (Å²) in [5.41, 5.74) is 1.77. The molecule has 0 amide bonds. The molecule has 0 unspecified atom stereocenters. The van der Waals surface area contributed by atoms with E-state index in [0.717, 1.165) is 0 Å². The fourth-order valence-electron chi connectivity index (χ4n) is 0.0500. The van der Waals surface area contributed by atoms with E-state index in [0.29, 0.717) is 0 Å². The molecule has 0 aromatic carbocycles. The van der Waals surface area contributed by atoms with Crippen molar-refractivity contribution in [3.63, 3.8) is 0 Å². The van der Waals surface area contributed by atoms with Crippen LogP contribution in [0.15, 0.2) is 0 Å². The van der Waals surface area contributed by atoms with Crippen LogP contribution in [0.3, 0.4) is 0 Å². The number of aliphatic hydroxyl groups is 1. The van der Waals surface area contributed by atoms with E-state index in [-0.39, 0.29) is 13.2 Å². The number of nitrogens with zero attached hydrogens (tertiary/aromatic N) is 1. The maximum Gasteiger partial charge on any atom is 0.291 e. The maximum absolute atomic E-state index is 8.36. The number of hydrogen-bond acceptors (Lipinski definition) is 5. The number of hydrogen-bond donors (Lipinski definition) is 4. The van der Waals surface area contributed by atoms with Crippen molar-refractivity contribution < 1.29 is 20.6 Å². The molecule has 0 aliphatic rings. The summed E-state index contributed by atoms with van der Waals surface area (Å²) in [6, 6.07) is 0. The lowest BCUT2D eigenvalue weighted by Gasteiger charge is -1.83. The molecule has 4 N–H and O–H groups in total. The molecule has 0 saturated carbocycles. The molecule has 7 nitrogen and oxygen atoms in total. The largest absolute Gasteiger partial charge is 0.395 e. The zero-order valence-corrected chi connectivity index (χ0v) is 4.52. The van der Waals surface area contributed by atoms with Crippen LogP contribution in [0.25, 0.3) is 0 Å². The van der Waals surface area contributed by atoms with Gasteiger partial charge in [-0.2, -0.15) is 0 Å². The molecule has 0 bridgehead atoms. The first kappa shape index (κ1) is 11.0. The third kappa shape index (κ3) is 157. The quantitative estimate of drug-likeness (QED) is 0.277. The summed E-state index contributed by atoms with van der Waals surface area (Å²) in [4.78, 5) is 8.36. The highest BCUT2D eigenvalue weighted by molar-refractivity contribution is 4.20. The maximum atomic E-state index is 8.36. The molecule has 0 aromatic rings. The van der Waals surface area contributed by atoms with Crippen molar-refractivity contribution in [3.05, 3.63) is 10.1 Å². The molecule has 0 atom stereocenters. The molecule has 0 fully saturated rings. The van der Waals surface area contributed by atoms with Crippen LogP contribution in [-0.2, 0) is 0 Å². The number of hydroxylamine groups is 1. The highest BCUT2D eigenvalue weighted by Gasteiger charge is 1.67. The minimum Gasteiger partial charge on any atom is -0.395 e. The normalized spacial score (nSPS) is 7.33. The molecular formula is C2H8N2O5. The van der Waals surface area contributed by atoms with E-state index in [1.165, 1.54) is 0 Å². The summed E-state index contributed by atoms with van der Waals surface area (Å²) >= 11 is 0. The van der Waals surface area contributed by atoms with Crippen LogP contribution >= 0.6 is 0 Å². The summed E-state index contributed by atoms with van der Waals surface area (Å²) in [7, 11) is 0. The van der Waals surface area contributed by atoms with Gasteiger partial charge < -0.3 is 15.5 Å². The Hall–Kier alpha value is -0.920. The fraction of sp³-hybridized carbons (Fsp3) is 1.00. The van der Waals surface area contributed by atoms with Gasteiger partial charge in [0.25, 0.3) is 5.09 Å². The number of nitrogens with one attached hydrogen (secondary N) is 1. The van der Waals surface area contributed by atoms with Gasteiger partial charge in [0, 0.05) is 6.54 Å². The van der Waals surface area contributed by atoms with E-state index in [1.54, 1.807) is 5.48 Å². The zero-order chi connectivity index (χ0) is 7.70. The van der Waals surface area contributed by atoms with Gasteiger partial charge in [-0.05, 0) is 0 Å². The second-order valence-electron chi connectivity index (χ2n) is 0.870. The van der Waals surface area contributed by atoms with Crippen molar-refractivity contribution in [2.24, 2.45) is 0 Å². The summed E-state index contributed by atoms with van der Waals surface area (Å²) in [6.45, 7) is 0.233. The average Bonchev–Trinajstić information content (AvgIpc) is 1.66. The van der Waals surface area contributed by atoms with Gasteiger partial charge in [-0.3, -0.25) is 0 Å². The first-order valence-corrected chi connectivity index (χ1v) is 1.96. The molecule has 0 aliphatic carbocycles. The van der Waals surface area contributed by atoms with Gasteiger partial charge >= 0.3 is 0 Å². The number of rotatable bonds is 2. The standard InChI is InChI=1S/C2H7NO2.HNO3/c4-2-1-3-5;2-1(3)4/h3-5H,1-2H2;(H,2,3,4). The summed E-state index contributed by atoms with van der Waals surface area (Å²) < 4.78 is 0. The fourth-order valence-corrected chi connectivity index (χ4v) is 0.0500. The van der Waals surface area contributed by atoms with Gasteiger partial charge in [0.05, 0.1) is 6.61 Å². The Morgan fingerprint density at radius 3 is 2.00 bits per heavy atom. The molecule has 0 heterocycles. The van der Waals surface area contributed by atoms with E-state index in [9.17, 15) is 0 Å². The molecule has 7 heteroatoms. The van der Waals surface area contributed by atoms with Gasteiger partial charge in [-0.1, -0.05) is 0 Å². The van der Waals surface area contributed by atoms with E-state index < -0.39 is 5.09 Å². The highest BCUT2D eigenvalue weighted by atomic mass is 16.9. The van der Waals surface area contributed by atoms with Gasteiger partial charge in [0.2, 0.25) is 0 Å². The first-order valence-electron chi connectivity index (χ1n) is 1.96. The predicted octanol–water partition coefficient (Wildman–Crippen LogP) is -1.39. The van der Waals surface area contributed by atoms with E-state index >= 15 is 0 Å². The van der Waals surface area contributed by atoms with Crippen molar-refractivity contribution in [1.29, 1.82) is 0 Å². The summed E-state index contributed by atoms with van der Waals surface area (Å²) in [5, 5.41) is 29.1. The zero-order valence-electron chi connectivity index (χ0n) is 4.52. The molecule has 0 aliphatic heterocycles. The highest BCUT2D eigenvalue weighted by Crippen LogP contribution is 1.42. The van der Waals surface area contributed by atoms with Crippen LogP contribution in [0, 0.1) is 10.1 Å². The predicted molar refractivity (Wildman–Crippen MR) is 25.7 cm³/mol. The Morgan fingerprint density at radius 2 is 2.00 bits per heavy atom. The van der Waals surface area contributed by atoms with E-state index in [2.05, 4.69) is 0 Å². The Labute approximate surface area is 50.6 Å². The molecular weight excluding hydrogens is 132 g/mol. The molecule has 0 spiro atoms. The van der Waals surface area contributed by atoms with Crippen LogP contribution in [0.5, 0.6) is 0 Å². The van der Waals surface area contributed by atoms with E-state index in [1.807, 2.05) is 0 Å². The van der Waals surface area contributed by atoms with Crippen LogP contribution in [0.1, 0.15) is 0 Å². The van der Waals surface area contributed by atoms with Crippen molar-refractivity contribution in [3.8, 4) is 0 Å². The lowest BCUT2D eigenvalue weighted by molar-refractivity contribution is -0.742. The second kappa shape index (κ2) is 10.1. The Balaban J connectivity index is 0. The SMILES string of the molecule is O=[N+]([O-])O.OCCNO. The Kier molecular flexibility index (Phi) is 12.3. The van der Waals surface area contributed by atoms with E-state index in [4.69, 9.17) is 25.6 Å². The van der Waals surface area contributed by atoms with Gasteiger partial charge in [0.1, 0.15) is 0 Å². The lowest BCUT2D eigenvalue weighted by Crippen LogP contribution is -2.11. The van der Waals surface area contributed by atoms with Crippen LogP contribution in [0.4, 0.5) is 0 Å². The summed E-state index contributed by atoms with van der Waals surface area (Å²) in [5.74, 6) is 0. The molecule has 0 aromatic heterocycles. The van der Waals surface area contributed by atoms with Gasteiger partial charge in [-0.15, -0.1) is 10.1 Å². The van der Waals surface area contributed by atoms with Crippen LogP contribution < -0.4 is 5.48 Å².